The molecule has 8 heteroatoms. The molecule has 0 aromatic rings. The van der Waals surface area contributed by atoms with Crippen molar-refractivity contribution in [3.63, 3.8) is 0 Å². The van der Waals surface area contributed by atoms with Crippen molar-refractivity contribution >= 4 is 24.1 Å². The lowest BCUT2D eigenvalue weighted by atomic mass is 10.1. The normalized spacial score (nSPS) is 15.9. The van der Waals surface area contributed by atoms with Crippen molar-refractivity contribution in [3.8, 4) is 0 Å². The Morgan fingerprint density at radius 1 is 1.24 bits per heavy atom. The predicted molar refractivity (Wildman–Crippen MR) is 86.1 cm³/mol. The molecule has 0 amide bonds. The molecule has 0 rings (SSSR count). The summed E-state index contributed by atoms with van der Waals surface area (Å²) in [6, 6.07) is 0. The highest BCUT2D eigenvalue weighted by Crippen LogP contribution is 2.62. The summed E-state index contributed by atoms with van der Waals surface area (Å²) in [6.45, 7) is 9.23. The van der Waals surface area contributed by atoms with E-state index in [1.807, 2.05) is 13.8 Å². The molecule has 0 aromatic heterocycles. The van der Waals surface area contributed by atoms with Crippen LogP contribution in [0.5, 0.6) is 0 Å². The fourth-order valence-corrected chi connectivity index (χ4v) is 4.40. The Bertz CT molecular complexity index is 387. The van der Waals surface area contributed by atoms with Gasteiger partial charge in [-0.3, -0.25) is 9.32 Å². The number of hydrogen-bond donors (Lipinski definition) is 1. The highest BCUT2D eigenvalue weighted by molar-refractivity contribution is 8.55. The van der Waals surface area contributed by atoms with Crippen LogP contribution in [0, 0.1) is 5.92 Å². The third kappa shape index (κ3) is 10.3. The third-order valence-corrected chi connectivity index (χ3v) is 5.46. The summed E-state index contributed by atoms with van der Waals surface area (Å²) in [6.07, 6.45) is 0. The summed E-state index contributed by atoms with van der Waals surface area (Å²) in [7, 11) is 0. The van der Waals surface area contributed by atoms with Crippen LogP contribution < -0.4 is 5.73 Å². The summed E-state index contributed by atoms with van der Waals surface area (Å²) < 4.78 is 28.6. The zero-order chi connectivity index (χ0) is 16.9. The fourth-order valence-electron chi connectivity index (χ4n) is 0.996. The molecule has 0 saturated carbocycles. The second-order valence-corrected chi connectivity index (χ2v) is 10.7. The monoisotopic (exact) mass is 341 g/mol. The number of carbonyl (C=O) groups excluding carboxylic acids is 1. The number of carbonyl (C=O) groups is 1. The Morgan fingerprint density at radius 3 is 2.14 bits per heavy atom. The van der Waals surface area contributed by atoms with E-state index in [4.69, 9.17) is 19.5 Å². The minimum absolute atomic E-state index is 0.134. The molecule has 126 valence electrons. The van der Waals surface area contributed by atoms with E-state index in [0.717, 1.165) is 11.4 Å². The molecule has 0 aliphatic heterocycles. The smallest absolute Gasteiger partial charge is 0.392 e. The predicted octanol–water partition coefficient (Wildman–Crippen LogP) is 3.55. The van der Waals surface area contributed by atoms with Crippen LogP contribution >= 0.6 is 18.2 Å². The molecule has 1 unspecified atom stereocenters. The van der Waals surface area contributed by atoms with Gasteiger partial charge in [0.05, 0.1) is 12.2 Å². The van der Waals surface area contributed by atoms with Gasteiger partial charge in [0, 0.05) is 11.4 Å². The van der Waals surface area contributed by atoms with E-state index in [-0.39, 0.29) is 11.9 Å². The van der Waals surface area contributed by atoms with Gasteiger partial charge in [-0.2, -0.15) is 0 Å². The van der Waals surface area contributed by atoms with Crippen LogP contribution in [-0.4, -0.2) is 29.7 Å². The van der Waals surface area contributed by atoms with Gasteiger partial charge in [-0.15, -0.1) is 0 Å². The van der Waals surface area contributed by atoms with Gasteiger partial charge >= 0.3 is 12.8 Å². The van der Waals surface area contributed by atoms with Crippen LogP contribution in [0.25, 0.3) is 0 Å². The topological polar surface area (TPSA) is 87.9 Å². The standard InChI is InChI=1S/C13H28NO5PS/c1-10(2)8-18-20(16,19-12(3,4)5)21-9-17-11(15)13(6,7)14/h10H,8-9,14H2,1-7H3. The zero-order valence-electron chi connectivity index (χ0n) is 14.0. The number of nitrogens with two attached hydrogens (primary N) is 1. The largest absolute Gasteiger partial charge is 0.453 e. The van der Waals surface area contributed by atoms with Gasteiger partial charge in [-0.25, -0.2) is 4.57 Å². The molecule has 0 aliphatic carbocycles. The number of ether oxygens (including phenoxy) is 1. The molecule has 0 heterocycles. The molecule has 0 aromatic carbocycles. The van der Waals surface area contributed by atoms with Crippen molar-refractivity contribution in [2.45, 2.75) is 59.6 Å². The minimum atomic E-state index is -3.40. The van der Waals surface area contributed by atoms with E-state index in [1.54, 1.807) is 34.6 Å². The third-order valence-electron chi connectivity index (χ3n) is 1.88. The zero-order valence-corrected chi connectivity index (χ0v) is 15.7. The Labute approximate surface area is 131 Å². The maximum absolute atomic E-state index is 12.7. The average Bonchev–Trinajstić information content (AvgIpc) is 2.22. The highest BCUT2D eigenvalue weighted by atomic mass is 32.7. The molecular formula is C13H28NO5PS. The molecular weight excluding hydrogens is 313 g/mol. The van der Waals surface area contributed by atoms with E-state index in [9.17, 15) is 9.36 Å². The van der Waals surface area contributed by atoms with Crippen LogP contribution in [0.15, 0.2) is 0 Å². The second-order valence-electron chi connectivity index (χ2n) is 6.74. The molecule has 0 fully saturated rings. The van der Waals surface area contributed by atoms with Crippen LogP contribution in [0.2, 0.25) is 0 Å². The highest BCUT2D eigenvalue weighted by Gasteiger charge is 2.33. The molecule has 0 saturated heterocycles. The first-order chi connectivity index (χ1) is 9.25. The van der Waals surface area contributed by atoms with Crippen molar-refractivity contribution in [1.82, 2.24) is 0 Å². The lowest BCUT2D eigenvalue weighted by Gasteiger charge is -2.27. The maximum atomic E-state index is 12.7. The van der Waals surface area contributed by atoms with Gasteiger partial charge in [0.1, 0.15) is 11.5 Å². The van der Waals surface area contributed by atoms with Crippen LogP contribution in [-0.2, 0) is 23.1 Å². The minimum Gasteiger partial charge on any atom is -0.453 e. The summed E-state index contributed by atoms with van der Waals surface area (Å²) in [5.41, 5.74) is 3.90. The molecule has 6 nitrogen and oxygen atoms in total. The molecule has 0 bridgehead atoms. The Morgan fingerprint density at radius 2 is 1.76 bits per heavy atom. The van der Waals surface area contributed by atoms with E-state index in [2.05, 4.69) is 0 Å². The van der Waals surface area contributed by atoms with Crippen molar-refractivity contribution < 1.29 is 23.1 Å². The van der Waals surface area contributed by atoms with E-state index in [1.165, 1.54) is 0 Å². The van der Waals surface area contributed by atoms with Gasteiger partial charge < -0.3 is 15.0 Å². The molecule has 0 radical (unpaired) electrons. The van der Waals surface area contributed by atoms with Crippen molar-refractivity contribution in [2.75, 3.05) is 12.5 Å². The second kappa shape index (κ2) is 7.97. The summed E-state index contributed by atoms with van der Waals surface area (Å²) in [5, 5.41) is 0. The molecule has 21 heavy (non-hydrogen) atoms. The maximum Gasteiger partial charge on any atom is 0.392 e. The summed E-state index contributed by atoms with van der Waals surface area (Å²) >= 11 is 0.850. The number of rotatable bonds is 8. The van der Waals surface area contributed by atoms with E-state index in [0.29, 0.717) is 6.61 Å². The van der Waals surface area contributed by atoms with E-state index < -0.39 is 23.9 Å². The van der Waals surface area contributed by atoms with Crippen molar-refractivity contribution in [1.29, 1.82) is 0 Å². The number of esters is 1. The van der Waals surface area contributed by atoms with Crippen LogP contribution in [0.1, 0.15) is 48.5 Å². The molecule has 0 aliphatic rings. The van der Waals surface area contributed by atoms with Crippen LogP contribution in [0.4, 0.5) is 0 Å². The quantitative estimate of drug-likeness (QED) is 0.410. The van der Waals surface area contributed by atoms with Gasteiger partial charge in [0.15, 0.2) is 0 Å². The first-order valence-electron chi connectivity index (χ1n) is 6.81. The SMILES string of the molecule is CC(C)COP(=O)(OC(C)(C)C)SCOC(=O)C(C)(C)N. The van der Waals surface area contributed by atoms with Crippen molar-refractivity contribution in [2.24, 2.45) is 11.7 Å². The molecule has 2 N–H and O–H groups in total. The van der Waals surface area contributed by atoms with Crippen molar-refractivity contribution in [3.05, 3.63) is 0 Å². The number of hydrogen-bond acceptors (Lipinski definition) is 7. The molecule has 1 atom stereocenters. The molecule has 0 spiro atoms. The lowest BCUT2D eigenvalue weighted by molar-refractivity contribution is -0.146. The summed E-state index contributed by atoms with van der Waals surface area (Å²) in [5.74, 6) is -0.487. The Balaban J connectivity index is 4.62. The first kappa shape index (κ1) is 20.9. The van der Waals surface area contributed by atoms with Gasteiger partial charge in [-0.1, -0.05) is 13.8 Å². The average molecular weight is 341 g/mol. The Kier molecular flexibility index (Phi) is 7.95. The fraction of sp³-hybridized carbons (Fsp3) is 0.923. The lowest BCUT2D eigenvalue weighted by Crippen LogP contribution is -2.42. The van der Waals surface area contributed by atoms with Gasteiger partial charge in [0.2, 0.25) is 0 Å². The van der Waals surface area contributed by atoms with Gasteiger partial charge in [-0.05, 0) is 40.5 Å². The Hall–Kier alpha value is -0.0700. The van der Waals surface area contributed by atoms with Crippen LogP contribution in [0.3, 0.4) is 0 Å². The van der Waals surface area contributed by atoms with E-state index >= 15 is 0 Å². The van der Waals surface area contributed by atoms with Gasteiger partial charge in [0.25, 0.3) is 0 Å². The summed E-state index contributed by atoms with van der Waals surface area (Å²) in [4.78, 5) is 11.6. The first-order valence-corrected chi connectivity index (χ1v) is 9.94.